The van der Waals surface area contributed by atoms with Crippen LogP contribution in [0.25, 0.3) is 0 Å². The van der Waals surface area contributed by atoms with Crippen molar-refractivity contribution in [2.24, 2.45) is 0 Å². The minimum atomic E-state index is -1.96. The highest BCUT2D eigenvalue weighted by atomic mass is 16.7. The normalized spacial score (nSPS) is 24.4. The molecule has 0 aromatic heterocycles. The summed E-state index contributed by atoms with van der Waals surface area (Å²) in [5.41, 5.74) is -0.861. The number of ether oxygens (including phenoxy) is 3. The zero-order valence-electron chi connectivity index (χ0n) is 17.0. The van der Waals surface area contributed by atoms with Crippen LogP contribution in [0.4, 0.5) is 0 Å². The summed E-state index contributed by atoms with van der Waals surface area (Å²) in [5, 5.41) is 86.8. The Kier molecular flexibility index (Phi) is 6.88. The zero-order valence-corrected chi connectivity index (χ0v) is 17.0. The second-order valence-corrected chi connectivity index (χ2v) is 7.24. The van der Waals surface area contributed by atoms with Gasteiger partial charge in [0.2, 0.25) is 0 Å². The second kappa shape index (κ2) is 9.48. The number of carbonyl (C=O) groups is 2. The van der Waals surface area contributed by atoms with Crippen LogP contribution in [0, 0.1) is 0 Å². The van der Waals surface area contributed by atoms with Crippen molar-refractivity contribution in [2.75, 3.05) is 6.61 Å². The Morgan fingerprint density at radius 1 is 0.735 bits per heavy atom. The molecule has 3 rings (SSSR count). The predicted molar refractivity (Wildman–Crippen MR) is 105 cm³/mol. The first kappa shape index (κ1) is 24.7. The Morgan fingerprint density at radius 3 is 1.65 bits per heavy atom. The predicted octanol–water partition coefficient (Wildman–Crippen LogP) is -1.26. The molecule has 1 fully saturated rings. The van der Waals surface area contributed by atoms with Gasteiger partial charge in [-0.05, 0) is 24.3 Å². The van der Waals surface area contributed by atoms with Crippen molar-refractivity contribution >= 4 is 11.9 Å². The van der Waals surface area contributed by atoms with E-state index >= 15 is 0 Å². The number of phenolic OH excluding ortho intramolecular Hbond substituents is 6. The number of phenols is 6. The lowest BCUT2D eigenvalue weighted by molar-refractivity contribution is -0.285. The number of hydrogen-bond donors (Lipinski definition) is 9. The molecule has 0 bridgehead atoms. The summed E-state index contributed by atoms with van der Waals surface area (Å²) in [4.78, 5) is 24.7. The van der Waals surface area contributed by atoms with Gasteiger partial charge in [-0.25, -0.2) is 9.59 Å². The number of aliphatic hydroxyl groups excluding tert-OH is 3. The highest BCUT2D eigenvalue weighted by Gasteiger charge is 2.47. The number of benzene rings is 2. The third kappa shape index (κ3) is 4.84. The van der Waals surface area contributed by atoms with E-state index in [9.17, 15) is 55.5 Å². The van der Waals surface area contributed by atoms with Gasteiger partial charge in [0.05, 0.1) is 11.1 Å². The third-order valence-corrected chi connectivity index (χ3v) is 4.89. The topological polar surface area (TPSA) is 244 Å². The lowest BCUT2D eigenvalue weighted by atomic mass is 9.99. The van der Waals surface area contributed by atoms with E-state index < -0.39 is 94.9 Å². The Morgan fingerprint density at radius 2 is 1.18 bits per heavy atom. The maximum Gasteiger partial charge on any atom is 0.338 e. The monoisotopic (exact) mass is 484 g/mol. The fraction of sp³-hybridized carbons (Fsp3) is 0.300. The summed E-state index contributed by atoms with van der Waals surface area (Å²) in [6.45, 7) is -0.772. The van der Waals surface area contributed by atoms with E-state index in [2.05, 4.69) is 0 Å². The first-order chi connectivity index (χ1) is 15.9. The molecule has 1 aliphatic heterocycles. The molecule has 0 amide bonds. The fourth-order valence-corrected chi connectivity index (χ4v) is 3.08. The molecule has 9 N–H and O–H groups in total. The number of carbonyl (C=O) groups excluding carboxylic acids is 2. The summed E-state index contributed by atoms with van der Waals surface area (Å²) >= 11 is 0. The average molecular weight is 484 g/mol. The molecule has 2 aromatic rings. The maximum atomic E-state index is 12.5. The van der Waals surface area contributed by atoms with E-state index in [0.717, 1.165) is 24.3 Å². The molecule has 0 radical (unpaired) electrons. The van der Waals surface area contributed by atoms with Gasteiger partial charge >= 0.3 is 11.9 Å². The number of hydrogen-bond acceptors (Lipinski definition) is 14. The molecule has 5 atom stereocenters. The maximum absolute atomic E-state index is 12.5. The van der Waals surface area contributed by atoms with E-state index in [4.69, 9.17) is 14.2 Å². The summed E-state index contributed by atoms with van der Waals surface area (Å²) < 4.78 is 15.1. The van der Waals surface area contributed by atoms with E-state index in [-0.39, 0.29) is 0 Å². The Hall–Kier alpha value is -3.98. The first-order valence-corrected chi connectivity index (χ1v) is 9.48. The SMILES string of the molecule is O=C(OC[C@H]1O[C@H](O)[C@H](O)[C@@H](O)[C@@H]1OC(=O)c1cc(O)c(O)c(O)c1)c1cc(O)c(O)c(O)c1. The van der Waals surface area contributed by atoms with Crippen molar-refractivity contribution < 1.29 is 69.8 Å². The summed E-state index contributed by atoms with van der Waals surface area (Å²) in [6.07, 6.45) is -9.11. The highest BCUT2D eigenvalue weighted by Crippen LogP contribution is 2.37. The van der Waals surface area contributed by atoms with Crippen LogP contribution >= 0.6 is 0 Å². The van der Waals surface area contributed by atoms with E-state index in [1.807, 2.05) is 0 Å². The van der Waals surface area contributed by atoms with Gasteiger partial charge in [0.15, 0.2) is 46.9 Å². The van der Waals surface area contributed by atoms with Gasteiger partial charge in [-0.1, -0.05) is 0 Å². The summed E-state index contributed by atoms with van der Waals surface area (Å²) in [6, 6.07) is 3.07. The van der Waals surface area contributed by atoms with Gasteiger partial charge in [0, 0.05) is 0 Å². The van der Waals surface area contributed by atoms with Crippen LogP contribution in [0.1, 0.15) is 20.7 Å². The highest BCUT2D eigenvalue weighted by molar-refractivity contribution is 5.92. The standard InChI is InChI=1S/C20H20O14/c21-8-1-6(2-9(22)13(8)25)18(29)32-5-12-17(15(27)16(28)20(31)33-12)34-19(30)7-3-10(23)14(26)11(24)4-7/h1-4,12,15-17,20-28,31H,5H2/t12-,15-,16-,17-,20+/m1/s1. The molecular weight excluding hydrogens is 464 g/mol. The van der Waals surface area contributed by atoms with Crippen molar-refractivity contribution in [3.8, 4) is 34.5 Å². The van der Waals surface area contributed by atoms with Crippen molar-refractivity contribution in [1.29, 1.82) is 0 Å². The number of rotatable bonds is 5. The van der Waals surface area contributed by atoms with Crippen LogP contribution in [-0.2, 0) is 14.2 Å². The minimum Gasteiger partial charge on any atom is -0.504 e. The van der Waals surface area contributed by atoms with Crippen LogP contribution in [0.3, 0.4) is 0 Å². The van der Waals surface area contributed by atoms with Gasteiger partial charge in [0.25, 0.3) is 0 Å². The third-order valence-electron chi connectivity index (χ3n) is 4.89. The molecule has 1 saturated heterocycles. The van der Waals surface area contributed by atoms with Gasteiger partial charge in [-0.2, -0.15) is 0 Å². The lowest BCUT2D eigenvalue weighted by Gasteiger charge is -2.39. The van der Waals surface area contributed by atoms with Crippen molar-refractivity contribution in [2.45, 2.75) is 30.7 Å². The Balaban J connectivity index is 1.77. The number of aliphatic hydroxyl groups is 3. The van der Waals surface area contributed by atoms with Crippen molar-refractivity contribution in [3.63, 3.8) is 0 Å². The molecule has 0 saturated carbocycles. The molecule has 0 spiro atoms. The number of esters is 2. The first-order valence-electron chi connectivity index (χ1n) is 9.48. The van der Waals surface area contributed by atoms with Gasteiger partial charge < -0.3 is 60.2 Å². The molecular formula is C20H20O14. The van der Waals surface area contributed by atoms with Crippen LogP contribution in [0.2, 0.25) is 0 Å². The molecule has 1 aliphatic rings. The molecule has 184 valence electrons. The van der Waals surface area contributed by atoms with E-state index in [1.54, 1.807) is 0 Å². The molecule has 34 heavy (non-hydrogen) atoms. The lowest BCUT2D eigenvalue weighted by Crippen LogP contribution is -2.60. The average Bonchev–Trinajstić information content (AvgIpc) is 2.79. The van der Waals surface area contributed by atoms with Crippen LogP contribution in [-0.4, -0.2) is 95.2 Å². The van der Waals surface area contributed by atoms with Crippen LogP contribution in [0.15, 0.2) is 24.3 Å². The quantitative estimate of drug-likeness (QED) is 0.178. The molecule has 14 nitrogen and oxygen atoms in total. The zero-order chi connectivity index (χ0) is 25.3. The second-order valence-electron chi connectivity index (χ2n) is 7.24. The summed E-state index contributed by atoms with van der Waals surface area (Å²) in [5.74, 6) is -7.52. The van der Waals surface area contributed by atoms with Gasteiger partial charge in [-0.15, -0.1) is 0 Å². The smallest absolute Gasteiger partial charge is 0.338 e. The van der Waals surface area contributed by atoms with Crippen LogP contribution < -0.4 is 0 Å². The van der Waals surface area contributed by atoms with Crippen molar-refractivity contribution in [1.82, 2.24) is 0 Å². The Bertz CT molecular complexity index is 1050. The van der Waals surface area contributed by atoms with Gasteiger partial charge in [-0.3, -0.25) is 0 Å². The van der Waals surface area contributed by atoms with Gasteiger partial charge in [0.1, 0.15) is 24.9 Å². The molecule has 0 unspecified atom stereocenters. The molecule has 0 aliphatic carbocycles. The Labute approximate surface area is 189 Å². The van der Waals surface area contributed by atoms with Crippen LogP contribution in [0.5, 0.6) is 34.5 Å². The molecule has 1 heterocycles. The summed E-state index contributed by atoms with van der Waals surface area (Å²) in [7, 11) is 0. The molecule has 14 heteroatoms. The van der Waals surface area contributed by atoms with E-state index in [1.165, 1.54) is 0 Å². The molecule has 2 aromatic carbocycles. The van der Waals surface area contributed by atoms with Crippen molar-refractivity contribution in [3.05, 3.63) is 35.4 Å². The van der Waals surface area contributed by atoms with E-state index in [0.29, 0.717) is 0 Å². The largest absolute Gasteiger partial charge is 0.504 e. The fourth-order valence-electron chi connectivity index (χ4n) is 3.08. The minimum absolute atomic E-state index is 0.395. The number of aromatic hydroxyl groups is 6.